The molecule has 3 N–H and O–H groups in total. The van der Waals surface area contributed by atoms with E-state index >= 15 is 0 Å². The molecule has 46 heavy (non-hydrogen) atoms. The summed E-state index contributed by atoms with van der Waals surface area (Å²) in [6, 6.07) is 33.2. The molecule has 0 saturated carbocycles. The summed E-state index contributed by atoms with van der Waals surface area (Å²) in [6.45, 7) is 6.08. The quantitative estimate of drug-likeness (QED) is 0.153. The van der Waals surface area contributed by atoms with Crippen LogP contribution in [0.3, 0.4) is 0 Å². The van der Waals surface area contributed by atoms with Crippen LogP contribution in [0.5, 0.6) is 0 Å². The van der Waals surface area contributed by atoms with Gasteiger partial charge in [-0.3, -0.25) is 14.4 Å². The Morgan fingerprint density at radius 3 is 2.07 bits per heavy atom. The number of benzene rings is 4. The van der Waals surface area contributed by atoms with E-state index in [-0.39, 0.29) is 17.6 Å². The monoisotopic (exact) mass is 617 g/mol. The number of nitrogens with two attached hydrogens (primary N) is 1. The van der Waals surface area contributed by atoms with Gasteiger partial charge in [0, 0.05) is 31.5 Å². The summed E-state index contributed by atoms with van der Waals surface area (Å²) in [5.74, 6) is -1.88. The molecule has 0 bridgehead atoms. The van der Waals surface area contributed by atoms with Crippen molar-refractivity contribution >= 4 is 28.4 Å². The van der Waals surface area contributed by atoms with Gasteiger partial charge in [-0.2, -0.15) is 0 Å². The number of carbonyl (C=O) groups is 3. The lowest BCUT2D eigenvalue weighted by Crippen LogP contribution is -2.52. The van der Waals surface area contributed by atoms with Gasteiger partial charge in [0.2, 0.25) is 11.8 Å². The Kier molecular flexibility index (Phi) is 12.0. The van der Waals surface area contributed by atoms with Crippen molar-refractivity contribution in [3.8, 4) is 0 Å². The molecule has 0 heterocycles. The van der Waals surface area contributed by atoms with Gasteiger partial charge in [0.05, 0.1) is 5.92 Å². The van der Waals surface area contributed by atoms with Crippen LogP contribution < -0.4 is 11.1 Å². The molecule has 0 fully saturated rings. The van der Waals surface area contributed by atoms with E-state index in [4.69, 9.17) is 5.73 Å². The van der Waals surface area contributed by atoms with Crippen molar-refractivity contribution in [2.24, 2.45) is 17.6 Å². The predicted octanol–water partition coefficient (Wildman–Crippen LogP) is 6.32. The van der Waals surface area contributed by atoms with E-state index in [2.05, 4.69) is 17.4 Å². The van der Waals surface area contributed by atoms with Crippen molar-refractivity contribution < 1.29 is 14.4 Å². The zero-order valence-electron chi connectivity index (χ0n) is 27.5. The number of likely N-dealkylation sites (N-methyl/N-ethyl adjacent to an activating group) is 1. The molecule has 3 atom stereocenters. The van der Waals surface area contributed by atoms with Crippen molar-refractivity contribution in [1.82, 2.24) is 10.2 Å². The number of nitrogens with one attached hydrogen (secondary N) is 1. The molecule has 4 rings (SSSR count). The third-order valence-corrected chi connectivity index (χ3v) is 8.51. The Morgan fingerprint density at radius 1 is 0.804 bits per heavy atom. The second-order valence-electron chi connectivity index (χ2n) is 13.0. The van der Waals surface area contributed by atoms with Crippen LogP contribution in [0.1, 0.15) is 43.9 Å². The fraction of sp³-hybridized carbons (Fsp3) is 0.325. The van der Waals surface area contributed by atoms with Crippen LogP contribution in [0.4, 0.5) is 0 Å². The van der Waals surface area contributed by atoms with Crippen molar-refractivity contribution in [3.05, 3.63) is 132 Å². The molecule has 4 aromatic rings. The van der Waals surface area contributed by atoms with Crippen LogP contribution in [0.15, 0.2) is 115 Å². The highest BCUT2D eigenvalue weighted by Gasteiger charge is 2.36. The second-order valence-corrected chi connectivity index (χ2v) is 13.0. The lowest BCUT2D eigenvalue weighted by atomic mass is 9.83. The second kappa shape index (κ2) is 16.1. The molecule has 2 amide bonds. The van der Waals surface area contributed by atoms with Crippen LogP contribution in [0.2, 0.25) is 0 Å². The summed E-state index contributed by atoms with van der Waals surface area (Å²) in [5, 5.41) is 5.25. The van der Waals surface area contributed by atoms with Crippen LogP contribution in [-0.2, 0) is 33.6 Å². The lowest BCUT2D eigenvalue weighted by Gasteiger charge is -2.32. The first-order valence-electron chi connectivity index (χ1n) is 16.1. The standard InChI is InChI=1S/C40H47N3O3/c1-29(37(44)20-13-24-40(2,3)41)35(27-32-21-22-33-18-11-12-19-34(33)26-32)39(46)43(4)36(28-31-16-9-6-10-17-31)38(45)42-25-23-30-14-7-5-8-15-30/h5-22,26,29,35-36H,23-25,27-28,41H2,1-4H3,(H,42,45)/t29?,35-,36+/m0/s1. The first-order chi connectivity index (χ1) is 22.0. The molecule has 240 valence electrons. The van der Waals surface area contributed by atoms with E-state index < -0.39 is 23.4 Å². The van der Waals surface area contributed by atoms with E-state index in [9.17, 15) is 14.4 Å². The molecule has 4 aromatic carbocycles. The summed E-state index contributed by atoms with van der Waals surface area (Å²) in [6.07, 6.45) is 5.29. The molecular formula is C40H47N3O3. The van der Waals surface area contributed by atoms with Gasteiger partial charge in [-0.05, 0) is 66.6 Å². The van der Waals surface area contributed by atoms with Crippen LogP contribution in [0.25, 0.3) is 10.8 Å². The number of amides is 2. The maximum atomic E-state index is 14.5. The van der Waals surface area contributed by atoms with Crippen LogP contribution in [-0.4, -0.2) is 47.7 Å². The third-order valence-electron chi connectivity index (χ3n) is 8.51. The predicted molar refractivity (Wildman–Crippen MR) is 187 cm³/mol. The highest BCUT2D eigenvalue weighted by molar-refractivity contribution is 5.96. The number of hydrogen-bond acceptors (Lipinski definition) is 4. The number of rotatable bonds is 15. The van der Waals surface area contributed by atoms with E-state index in [1.54, 1.807) is 24.1 Å². The Hall–Kier alpha value is -4.55. The van der Waals surface area contributed by atoms with Gasteiger partial charge in [0.1, 0.15) is 6.04 Å². The molecule has 0 radical (unpaired) electrons. The first-order valence-corrected chi connectivity index (χ1v) is 16.1. The molecule has 1 unspecified atom stereocenters. The number of fused-ring (bicyclic) bond motifs is 1. The minimum absolute atomic E-state index is 0.135. The molecule has 0 aliphatic rings. The molecular weight excluding hydrogens is 570 g/mol. The summed E-state index contributed by atoms with van der Waals surface area (Å²) in [4.78, 5) is 43.3. The van der Waals surface area contributed by atoms with E-state index in [0.29, 0.717) is 32.2 Å². The van der Waals surface area contributed by atoms with Crippen molar-refractivity contribution in [3.63, 3.8) is 0 Å². The summed E-state index contributed by atoms with van der Waals surface area (Å²) in [5.41, 5.74) is 8.72. The van der Waals surface area contributed by atoms with Gasteiger partial charge in [-0.1, -0.05) is 116 Å². The smallest absolute Gasteiger partial charge is 0.243 e. The van der Waals surface area contributed by atoms with Crippen LogP contribution >= 0.6 is 0 Å². The molecule has 6 heteroatoms. The fourth-order valence-electron chi connectivity index (χ4n) is 5.68. The Balaban J connectivity index is 1.61. The minimum Gasteiger partial charge on any atom is -0.354 e. The number of ketones is 1. The molecule has 0 aliphatic heterocycles. The Morgan fingerprint density at radius 2 is 1.41 bits per heavy atom. The topological polar surface area (TPSA) is 92.5 Å². The van der Waals surface area contributed by atoms with Crippen LogP contribution in [0, 0.1) is 11.8 Å². The Bertz CT molecular complexity index is 1630. The average Bonchev–Trinajstić information content (AvgIpc) is 3.05. The SMILES string of the molecule is CC(C(=O)C=CCC(C)(C)N)[C@H](Cc1ccc2ccccc2c1)C(=O)N(C)[C@H](Cc1ccccc1)C(=O)NCCc1ccccc1. The number of nitrogens with zero attached hydrogens (tertiary/aromatic N) is 1. The number of hydrogen-bond donors (Lipinski definition) is 2. The van der Waals surface area contributed by atoms with Gasteiger partial charge >= 0.3 is 0 Å². The fourth-order valence-corrected chi connectivity index (χ4v) is 5.68. The highest BCUT2D eigenvalue weighted by Crippen LogP contribution is 2.26. The first kappa shape index (κ1) is 34.3. The Labute approximate surface area is 273 Å². The van der Waals surface area contributed by atoms with Crippen molar-refractivity contribution in [2.75, 3.05) is 13.6 Å². The summed E-state index contributed by atoms with van der Waals surface area (Å²) < 4.78 is 0. The van der Waals surface area contributed by atoms with Crippen molar-refractivity contribution in [1.29, 1.82) is 0 Å². The molecule has 0 aromatic heterocycles. The van der Waals surface area contributed by atoms with E-state index in [0.717, 1.165) is 27.5 Å². The lowest BCUT2D eigenvalue weighted by molar-refractivity contribution is -0.144. The van der Waals surface area contributed by atoms with Gasteiger partial charge in [0.25, 0.3) is 0 Å². The third kappa shape index (κ3) is 9.98. The van der Waals surface area contributed by atoms with E-state index in [1.807, 2.05) is 112 Å². The zero-order chi connectivity index (χ0) is 33.1. The summed E-state index contributed by atoms with van der Waals surface area (Å²) in [7, 11) is 1.68. The van der Waals surface area contributed by atoms with Gasteiger partial charge in [-0.15, -0.1) is 0 Å². The number of allylic oxidation sites excluding steroid dienone is 1. The van der Waals surface area contributed by atoms with Gasteiger partial charge < -0.3 is 16.0 Å². The molecule has 6 nitrogen and oxygen atoms in total. The maximum Gasteiger partial charge on any atom is 0.243 e. The maximum absolute atomic E-state index is 14.5. The number of carbonyl (C=O) groups excluding carboxylic acids is 3. The zero-order valence-corrected chi connectivity index (χ0v) is 27.5. The van der Waals surface area contributed by atoms with Gasteiger partial charge in [0.15, 0.2) is 5.78 Å². The largest absolute Gasteiger partial charge is 0.354 e. The molecule has 0 saturated heterocycles. The average molecular weight is 618 g/mol. The minimum atomic E-state index is -0.749. The van der Waals surface area contributed by atoms with Crippen molar-refractivity contribution in [2.45, 2.75) is 58.0 Å². The highest BCUT2D eigenvalue weighted by atomic mass is 16.2. The van der Waals surface area contributed by atoms with Gasteiger partial charge in [-0.25, -0.2) is 0 Å². The molecule has 0 spiro atoms. The molecule has 0 aliphatic carbocycles. The normalized spacial score (nSPS) is 13.7. The van der Waals surface area contributed by atoms with E-state index in [1.165, 1.54) is 0 Å². The summed E-state index contributed by atoms with van der Waals surface area (Å²) >= 11 is 0.